The predicted molar refractivity (Wildman–Crippen MR) is 117 cm³/mol. The Hall–Kier alpha value is -2.30. The molecule has 0 radical (unpaired) electrons. The molecule has 0 aliphatic rings. The molecule has 1 N–H and O–H groups in total. The molecule has 0 saturated carbocycles. The number of aromatic nitrogens is 1. The fraction of sp³-hybridized carbons (Fsp3) is 0.318. The lowest BCUT2D eigenvalue weighted by Crippen LogP contribution is -2.28. The topological polar surface area (TPSA) is 37.4 Å². The first-order valence-electron chi connectivity index (χ1n) is 9.25. The van der Waals surface area contributed by atoms with Gasteiger partial charge in [-0.1, -0.05) is 44.2 Å². The van der Waals surface area contributed by atoms with Crippen molar-refractivity contribution in [3.05, 3.63) is 54.6 Å². The minimum Gasteiger partial charge on any atom is -0.497 e. The van der Waals surface area contributed by atoms with E-state index >= 15 is 0 Å². The predicted octanol–water partition coefficient (Wildman–Crippen LogP) is 5.09. The molecule has 4 nitrogen and oxygen atoms in total. The number of halogens is 1. The third-order valence-corrected chi connectivity index (χ3v) is 4.72. The number of nitrogens with one attached hydrogen (secondary N) is 1. The van der Waals surface area contributed by atoms with Crippen LogP contribution in [0.15, 0.2) is 54.6 Å². The molecule has 0 saturated heterocycles. The smallest absolute Gasteiger partial charge is 0.134 e. The first-order chi connectivity index (χ1) is 12.7. The summed E-state index contributed by atoms with van der Waals surface area (Å²) in [6, 6.07) is 18.6. The first-order valence-corrected chi connectivity index (χ1v) is 9.25. The minimum absolute atomic E-state index is 0. The van der Waals surface area contributed by atoms with Crippen LogP contribution in [-0.2, 0) is 0 Å². The van der Waals surface area contributed by atoms with Crippen LogP contribution in [-0.4, -0.2) is 43.2 Å². The van der Waals surface area contributed by atoms with Crippen molar-refractivity contribution >= 4 is 29.1 Å². The van der Waals surface area contributed by atoms with Gasteiger partial charge in [-0.3, -0.25) is 0 Å². The van der Waals surface area contributed by atoms with Crippen molar-refractivity contribution < 1.29 is 4.74 Å². The summed E-state index contributed by atoms with van der Waals surface area (Å²) < 4.78 is 5.35. The number of benzene rings is 2. The van der Waals surface area contributed by atoms with Gasteiger partial charge in [0.25, 0.3) is 0 Å². The van der Waals surface area contributed by atoms with E-state index in [1.807, 2.05) is 18.2 Å². The Morgan fingerprint density at radius 1 is 1.00 bits per heavy atom. The van der Waals surface area contributed by atoms with Crippen LogP contribution in [0.3, 0.4) is 0 Å². The van der Waals surface area contributed by atoms with Crippen molar-refractivity contribution in [2.75, 3.05) is 38.6 Å². The zero-order chi connectivity index (χ0) is 18.4. The van der Waals surface area contributed by atoms with Gasteiger partial charge in [-0.15, -0.1) is 12.4 Å². The monoisotopic (exact) mass is 385 g/mol. The van der Waals surface area contributed by atoms with Gasteiger partial charge in [-0.25, -0.2) is 4.98 Å². The highest BCUT2D eigenvalue weighted by Gasteiger charge is 2.10. The summed E-state index contributed by atoms with van der Waals surface area (Å²) in [4.78, 5) is 7.30. The zero-order valence-electron chi connectivity index (χ0n) is 16.2. The van der Waals surface area contributed by atoms with Crippen LogP contribution in [0, 0.1) is 0 Å². The van der Waals surface area contributed by atoms with Gasteiger partial charge in [0.15, 0.2) is 0 Å². The molecule has 1 aromatic heterocycles. The van der Waals surface area contributed by atoms with Crippen molar-refractivity contribution in [3.63, 3.8) is 0 Å². The summed E-state index contributed by atoms with van der Waals surface area (Å²) in [6.45, 7) is 8.38. The Balaban J connectivity index is 0.00000261. The Labute approximate surface area is 168 Å². The Morgan fingerprint density at radius 3 is 2.41 bits per heavy atom. The fourth-order valence-corrected chi connectivity index (χ4v) is 3.12. The maximum atomic E-state index is 5.35. The molecule has 144 valence electrons. The van der Waals surface area contributed by atoms with Crippen LogP contribution in [0.4, 0.5) is 5.82 Å². The van der Waals surface area contributed by atoms with E-state index in [4.69, 9.17) is 9.72 Å². The van der Waals surface area contributed by atoms with E-state index in [2.05, 4.69) is 60.5 Å². The minimum atomic E-state index is 0. The number of pyridine rings is 1. The second-order valence-electron chi connectivity index (χ2n) is 6.26. The van der Waals surface area contributed by atoms with E-state index in [1.165, 1.54) is 5.56 Å². The van der Waals surface area contributed by atoms with E-state index < -0.39 is 0 Å². The second kappa shape index (κ2) is 10.1. The molecule has 0 aliphatic carbocycles. The highest BCUT2D eigenvalue weighted by molar-refractivity contribution is 5.90. The van der Waals surface area contributed by atoms with Crippen LogP contribution in [0.1, 0.15) is 13.8 Å². The quantitative estimate of drug-likeness (QED) is 0.586. The maximum Gasteiger partial charge on any atom is 0.134 e. The van der Waals surface area contributed by atoms with Gasteiger partial charge in [-0.2, -0.15) is 0 Å². The van der Waals surface area contributed by atoms with Crippen molar-refractivity contribution in [2.45, 2.75) is 13.8 Å². The maximum absolute atomic E-state index is 5.35. The van der Waals surface area contributed by atoms with Crippen molar-refractivity contribution in [3.8, 4) is 16.9 Å². The number of rotatable bonds is 8. The molecule has 0 aliphatic heterocycles. The van der Waals surface area contributed by atoms with Crippen LogP contribution in [0.5, 0.6) is 5.75 Å². The molecule has 1 heterocycles. The average molecular weight is 386 g/mol. The van der Waals surface area contributed by atoms with E-state index in [1.54, 1.807) is 7.11 Å². The lowest BCUT2D eigenvalue weighted by molar-refractivity contribution is 0.316. The van der Waals surface area contributed by atoms with Gasteiger partial charge in [0.2, 0.25) is 0 Å². The van der Waals surface area contributed by atoms with Gasteiger partial charge in [0.05, 0.1) is 12.6 Å². The Bertz CT molecular complexity index is 851. The average Bonchev–Trinajstić information content (AvgIpc) is 2.70. The normalized spacial score (nSPS) is 10.7. The fourth-order valence-electron chi connectivity index (χ4n) is 3.12. The van der Waals surface area contributed by atoms with Crippen LogP contribution >= 0.6 is 12.4 Å². The Morgan fingerprint density at radius 2 is 1.74 bits per heavy atom. The van der Waals surface area contributed by atoms with Crippen LogP contribution in [0.25, 0.3) is 22.0 Å². The van der Waals surface area contributed by atoms with Crippen molar-refractivity contribution in [2.24, 2.45) is 0 Å². The number of anilines is 1. The number of hydrogen-bond acceptors (Lipinski definition) is 4. The third kappa shape index (κ3) is 5.12. The second-order valence-corrected chi connectivity index (χ2v) is 6.26. The largest absolute Gasteiger partial charge is 0.497 e. The van der Waals surface area contributed by atoms with Gasteiger partial charge < -0.3 is 15.0 Å². The summed E-state index contributed by atoms with van der Waals surface area (Å²) in [6.07, 6.45) is 0. The van der Waals surface area contributed by atoms with E-state index in [0.717, 1.165) is 54.2 Å². The molecule has 0 atom stereocenters. The number of ether oxygens (including phenoxy) is 1. The summed E-state index contributed by atoms with van der Waals surface area (Å²) >= 11 is 0. The van der Waals surface area contributed by atoms with Crippen molar-refractivity contribution in [1.82, 2.24) is 9.88 Å². The summed E-state index contributed by atoms with van der Waals surface area (Å²) in [5.41, 5.74) is 3.24. The lowest BCUT2D eigenvalue weighted by Gasteiger charge is -2.19. The van der Waals surface area contributed by atoms with Gasteiger partial charge in [0, 0.05) is 30.1 Å². The molecule has 3 rings (SSSR count). The molecule has 3 aromatic rings. The zero-order valence-corrected chi connectivity index (χ0v) is 17.1. The number of methoxy groups -OCH3 is 1. The highest BCUT2D eigenvalue weighted by atomic mass is 35.5. The van der Waals surface area contributed by atoms with Gasteiger partial charge in [0.1, 0.15) is 11.6 Å². The molecule has 5 heteroatoms. The number of fused-ring (bicyclic) bond motifs is 1. The number of nitrogens with zero attached hydrogens (tertiary/aromatic N) is 2. The third-order valence-electron chi connectivity index (χ3n) is 4.72. The molecule has 0 fully saturated rings. The van der Waals surface area contributed by atoms with Gasteiger partial charge in [-0.05, 0) is 36.9 Å². The summed E-state index contributed by atoms with van der Waals surface area (Å²) in [7, 11) is 1.68. The van der Waals surface area contributed by atoms with E-state index in [9.17, 15) is 0 Å². The highest BCUT2D eigenvalue weighted by Crippen LogP contribution is 2.31. The molecule has 0 spiro atoms. The molecule has 0 amide bonds. The SMILES string of the molecule is CCN(CC)CCNc1nc2cc(OC)ccc2cc1-c1ccccc1.Cl. The van der Waals surface area contributed by atoms with E-state index in [-0.39, 0.29) is 12.4 Å². The first kappa shape index (κ1) is 21.0. The van der Waals surface area contributed by atoms with E-state index in [0.29, 0.717) is 0 Å². The summed E-state index contributed by atoms with van der Waals surface area (Å²) in [5.74, 6) is 1.75. The van der Waals surface area contributed by atoms with Crippen molar-refractivity contribution in [1.29, 1.82) is 0 Å². The lowest BCUT2D eigenvalue weighted by atomic mass is 10.0. The molecule has 0 unspecified atom stereocenters. The number of hydrogen-bond donors (Lipinski definition) is 1. The number of likely N-dealkylation sites (N-methyl/N-ethyl adjacent to an activating group) is 1. The molecular formula is C22H28ClN3O. The molecule has 2 aromatic carbocycles. The Kier molecular flexibility index (Phi) is 7.89. The van der Waals surface area contributed by atoms with Crippen LogP contribution in [0.2, 0.25) is 0 Å². The standard InChI is InChI=1S/C22H27N3O.ClH/c1-4-25(5-2)14-13-23-22-20(17-9-7-6-8-10-17)15-18-11-12-19(26-3)16-21(18)24-22;/h6-12,15-16H,4-5,13-14H2,1-3H3,(H,23,24);1H. The molecule has 0 bridgehead atoms. The molecular weight excluding hydrogens is 358 g/mol. The molecule has 27 heavy (non-hydrogen) atoms. The van der Waals surface area contributed by atoms with Crippen LogP contribution < -0.4 is 10.1 Å². The summed E-state index contributed by atoms with van der Waals surface area (Å²) in [5, 5.41) is 4.66. The van der Waals surface area contributed by atoms with Gasteiger partial charge >= 0.3 is 0 Å².